The van der Waals surface area contributed by atoms with Crippen molar-refractivity contribution in [3.05, 3.63) is 0 Å². The highest BCUT2D eigenvalue weighted by Gasteiger charge is 2.39. The van der Waals surface area contributed by atoms with Gasteiger partial charge in [0.25, 0.3) is 0 Å². The molecule has 0 aliphatic carbocycles. The third-order valence-corrected chi connectivity index (χ3v) is 6.09. The van der Waals surface area contributed by atoms with Crippen LogP contribution in [0, 0.1) is 0 Å². The Morgan fingerprint density at radius 1 is 0.300 bits per heavy atom. The molecule has 0 amide bonds. The van der Waals surface area contributed by atoms with E-state index in [1.165, 1.54) is 113 Å². The average Bonchev–Trinajstić information content (AvgIpc) is 2.72. The van der Waals surface area contributed by atoms with E-state index in [1.807, 2.05) is 0 Å². The summed E-state index contributed by atoms with van der Waals surface area (Å²) < 4.78 is 3.00. The van der Waals surface area contributed by atoms with Gasteiger partial charge in [-0.05, 0) is 44.9 Å². The summed E-state index contributed by atoms with van der Waals surface area (Å²) in [6.45, 7) is 12.0. The fourth-order valence-electron chi connectivity index (χ4n) is 4.83. The zero-order valence-electron chi connectivity index (χ0n) is 13.0. The van der Waals surface area contributed by atoms with Gasteiger partial charge in [-0.2, -0.15) is 0 Å². The van der Waals surface area contributed by atoms with Crippen LogP contribution in [0.3, 0.4) is 0 Å². The number of nitrogens with zero attached hydrogens (tertiary/aromatic N) is 2. The predicted octanol–water partition coefficient (Wildman–Crippen LogP) is -3.21. The predicted molar refractivity (Wildman–Crippen MR) is 76.4 cm³/mol. The molecule has 20 heavy (non-hydrogen) atoms. The third kappa shape index (κ3) is 4.44. The molecule has 2 nitrogen and oxygen atoms in total. The molecule has 3 fully saturated rings. The second-order valence-corrected chi connectivity index (χ2v) is 7.30. The fourth-order valence-corrected chi connectivity index (χ4v) is 4.83. The van der Waals surface area contributed by atoms with Crippen molar-refractivity contribution in [2.75, 3.05) is 52.4 Å². The van der Waals surface area contributed by atoms with E-state index in [-0.39, 0.29) is 34.0 Å². The first kappa shape index (κ1) is 18.9. The van der Waals surface area contributed by atoms with Gasteiger partial charge in [0.1, 0.15) is 13.1 Å². The maximum absolute atomic E-state index is 1.50. The first-order valence-corrected chi connectivity index (χ1v) is 8.53. The van der Waals surface area contributed by atoms with Crippen molar-refractivity contribution >= 4 is 0 Å². The molecule has 0 radical (unpaired) electrons. The van der Waals surface area contributed by atoms with Crippen molar-refractivity contribution in [3.63, 3.8) is 0 Å². The van der Waals surface area contributed by atoms with Gasteiger partial charge in [-0.15, -0.1) is 0 Å². The number of hydrogen-bond donors (Lipinski definition) is 0. The van der Waals surface area contributed by atoms with Crippen molar-refractivity contribution in [2.24, 2.45) is 0 Å². The molecule has 0 atom stereocenters. The maximum atomic E-state index is 1.50. The van der Waals surface area contributed by atoms with E-state index in [9.17, 15) is 0 Å². The Kier molecular flexibility index (Phi) is 8.04. The highest BCUT2D eigenvalue weighted by Crippen LogP contribution is 2.27. The quantitative estimate of drug-likeness (QED) is 0.368. The summed E-state index contributed by atoms with van der Waals surface area (Å²) in [5, 5.41) is 0. The molecule has 3 rings (SSSR count). The van der Waals surface area contributed by atoms with Gasteiger partial charge in [-0.25, -0.2) is 0 Å². The average molecular weight is 412 g/mol. The van der Waals surface area contributed by atoms with Crippen LogP contribution in [0.5, 0.6) is 0 Å². The standard InChI is InChI=1S/C16H32N2.2BrH/c1-2-5-10-17(9-4-1)13-8-14-18(16-15-17)11-6-3-7-12-18;;/h1-16H2;2*1H/q+2;;/p-2. The second kappa shape index (κ2) is 8.50. The van der Waals surface area contributed by atoms with Gasteiger partial charge in [0.15, 0.2) is 0 Å². The van der Waals surface area contributed by atoms with Crippen LogP contribution in [0.2, 0.25) is 0 Å². The molecule has 3 aliphatic heterocycles. The van der Waals surface area contributed by atoms with E-state index < -0.39 is 0 Å². The lowest BCUT2D eigenvalue weighted by Gasteiger charge is -2.41. The van der Waals surface area contributed by atoms with Crippen molar-refractivity contribution in [3.8, 4) is 0 Å². The normalized spacial score (nSPS) is 28.8. The molecule has 2 spiro atoms. The van der Waals surface area contributed by atoms with Gasteiger partial charge in [-0.3, -0.25) is 0 Å². The van der Waals surface area contributed by atoms with Gasteiger partial charge >= 0.3 is 0 Å². The Hall–Kier alpha value is 0.880. The van der Waals surface area contributed by atoms with Gasteiger partial charge in [0, 0.05) is 6.42 Å². The van der Waals surface area contributed by atoms with E-state index in [2.05, 4.69) is 0 Å². The van der Waals surface area contributed by atoms with Crippen LogP contribution >= 0.6 is 0 Å². The minimum atomic E-state index is 0. The molecule has 4 heteroatoms. The third-order valence-electron chi connectivity index (χ3n) is 6.09. The number of hydrogen-bond acceptors (Lipinski definition) is 0. The molecule has 3 saturated heterocycles. The minimum absolute atomic E-state index is 0. The molecule has 0 saturated carbocycles. The summed E-state index contributed by atoms with van der Waals surface area (Å²) in [6, 6.07) is 0. The lowest BCUT2D eigenvalue weighted by Crippen LogP contribution is -3.00. The maximum Gasteiger partial charge on any atom is 0.129 e. The summed E-state index contributed by atoms with van der Waals surface area (Å²) in [7, 11) is 0. The molecule has 3 aliphatic rings. The molecule has 0 aromatic carbocycles. The zero-order valence-corrected chi connectivity index (χ0v) is 16.1. The van der Waals surface area contributed by atoms with Crippen LogP contribution in [-0.2, 0) is 0 Å². The molecule has 0 bridgehead atoms. The summed E-state index contributed by atoms with van der Waals surface area (Å²) >= 11 is 0. The van der Waals surface area contributed by atoms with Crippen molar-refractivity contribution in [2.45, 2.75) is 51.4 Å². The molecule has 0 aromatic heterocycles. The highest BCUT2D eigenvalue weighted by molar-refractivity contribution is 4.61. The van der Waals surface area contributed by atoms with E-state index in [0.717, 1.165) is 0 Å². The molecular weight excluding hydrogens is 380 g/mol. The molecule has 3 heterocycles. The van der Waals surface area contributed by atoms with Crippen molar-refractivity contribution in [1.29, 1.82) is 0 Å². The summed E-state index contributed by atoms with van der Waals surface area (Å²) in [6.07, 6.45) is 12.0. The van der Waals surface area contributed by atoms with Crippen molar-refractivity contribution in [1.82, 2.24) is 0 Å². The van der Waals surface area contributed by atoms with Crippen LogP contribution in [-0.4, -0.2) is 61.3 Å². The topological polar surface area (TPSA) is 0 Å². The van der Waals surface area contributed by atoms with Crippen LogP contribution < -0.4 is 34.0 Å². The Morgan fingerprint density at radius 2 is 0.600 bits per heavy atom. The summed E-state index contributed by atoms with van der Waals surface area (Å²) in [5.41, 5.74) is 0. The number of quaternary nitrogens is 2. The largest absolute Gasteiger partial charge is 1.00 e. The first-order valence-electron chi connectivity index (χ1n) is 8.53. The Labute approximate surface area is 146 Å². The first-order chi connectivity index (χ1) is 8.83. The van der Waals surface area contributed by atoms with E-state index in [0.29, 0.717) is 0 Å². The molecule has 0 N–H and O–H groups in total. The van der Waals surface area contributed by atoms with Gasteiger partial charge in [0.05, 0.1) is 39.3 Å². The molecule has 120 valence electrons. The fraction of sp³-hybridized carbons (Fsp3) is 1.00. The molecule has 0 unspecified atom stereocenters. The lowest BCUT2D eigenvalue weighted by atomic mass is 10.1. The monoisotopic (exact) mass is 410 g/mol. The number of rotatable bonds is 0. The van der Waals surface area contributed by atoms with Crippen LogP contribution in [0.25, 0.3) is 0 Å². The van der Waals surface area contributed by atoms with Gasteiger partial charge in [-0.1, -0.05) is 0 Å². The second-order valence-electron chi connectivity index (χ2n) is 7.30. The minimum Gasteiger partial charge on any atom is -1.00 e. The van der Waals surface area contributed by atoms with E-state index in [1.54, 1.807) is 0 Å². The number of halogens is 2. The van der Waals surface area contributed by atoms with E-state index >= 15 is 0 Å². The summed E-state index contributed by atoms with van der Waals surface area (Å²) in [4.78, 5) is 0. The Morgan fingerprint density at radius 3 is 1.00 bits per heavy atom. The summed E-state index contributed by atoms with van der Waals surface area (Å²) in [5.74, 6) is 0. The smallest absolute Gasteiger partial charge is 0.129 e. The van der Waals surface area contributed by atoms with Crippen LogP contribution in [0.4, 0.5) is 0 Å². The van der Waals surface area contributed by atoms with Crippen molar-refractivity contribution < 1.29 is 42.9 Å². The van der Waals surface area contributed by atoms with Crippen LogP contribution in [0.15, 0.2) is 0 Å². The lowest BCUT2D eigenvalue weighted by molar-refractivity contribution is -0.965. The Balaban J connectivity index is 0.000001000. The Bertz CT molecular complexity index is 270. The van der Waals surface area contributed by atoms with Gasteiger partial charge in [0.2, 0.25) is 0 Å². The number of piperidine rings is 1. The van der Waals surface area contributed by atoms with E-state index in [4.69, 9.17) is 0 Å². The zero-order chi connectivity index (χ0) is 12.3. The van der Waals surface area contributed by atoms with Crippen LogP contribution in [0.1, 0.15) is 51.4 Å². The SMILES string of the molecule is C1CCC[N+]2(CC1)CCC[N+]1(CCCCC1)CC2.[Br-].[Br-]. The van der Waals surface area contributed by atoms with Gasteiger partial charge < -0.3 is 42.9 Å². The highest BCUT2D eigenvalue weighted by atomic mass is 79.9. The molecule has 0 aromatic rings. The molecular formula is C16H32Br2N2.